The molecule has 2 aliphatic rings. The molecule has 0 bridgehead atoms. The van der Waals surface area contributed by atoms with Crippen molar-refractivity contribution in [3.8, 4) is 0 Å². The predicted molar refractivity (Wildman–Crippen MR) is 138 cm³/mol. The molecule has 0 amide bonds. The van der Waals surface area contributed by atoms with Gasteiger partial charge in [0.1, 0.15) is 0 Å². The van der Waals surface area contributed by atoms with E-state index in [-0.39, 0.29) is 10.3 Å². The Morgan fingerprint density at radius 3 is 2.65 bits per heavy atom. The summed E-state index contributed by atoms with van der Waals surface area (Å²) in [5.74, 6) is 0.337. The average Bonchev–Trinajstić information content (AvgIpc) is 2.84. The smallest absolute Gasteiger partial charge is 0.232 e. The van der Waals surface area contributed by atoms with Gasteiger partial charge in [0.25, 0.3) is 0 Å². The van der Waals surface area contributed by atoms with Crippen LogP contribution in [0.5, 0.6) is 0 Å². The lowest BCUT2D eigenvalue weighted by Crippen LogP contribution is -2.32. The second-order valence-corrected chi connectivity index (χ2v) is 11.4. The van der Waals surface area contributed by atoms with Gasteiger partial charge >= 0.3 is 0 Å². The van der Waals surface area contributed by atoms with Gasteiger partial charge < -0.3 is 4.74 Å². The third kappa shape index (κ3) is 5.87. The normalized spacial score (nSPS) is 27.4. The van der Waals surface area contributed by atoms with E-state index < -0.39 is 15.0 Å². The summed E-state index contributed by atoms with van der Waals surface area (Å²) in [4.78, 5) is -0.0159. The molecule has 2 unspecified atom stereocenters. The van der Waals surface area contributed by atoms with E-state index in [4.69, 9.17) is 4.74 Å². The van der Waals surface area contributed by atoms with E-state index in [9.17, 15) is 12.8 Å². The summed E-state index contributed by atoms with van der Waals surface area (Å²) in [6, 6.07) is 7.75. The van der Waals surface area contributed by atoms with Crippen molar-refractivity contribution in [3.63, 3.8) is 0 Å². The highest BCUT2D eigenvalue weighted by Crippen LogP contribution is 2.50. The Balaban J connectivity index is 1.72. The van der Waals surface area contributed by atoms with E-state index in [1.54, 1.807) is 18.2 Å². The van der Waals surface area contributed by atoms with Crippen molar-refractivity contribution in [3.05, 3.63) is 88.7 Å². The number of allylic oxidation sites excluding steroid dienone is 6. The number of hydrogen-bond donors (Lipinski definition) is 0. The van der Waals surface area contributed by atoms with Crippen molar-refractivity contribution in [2.75, 3.05) is 13.2 Å². The topological polar surface area (TPSA) is 43.4 Å². The van der Waals surface area contributed by atoms with E-state index in [0.29, 0.717) is 25.4 Å². The maximum atomic E-state index is 14.6. The summed E-state index contributed by atoms with van der Waals surface area (Å²) in [5, 5.41) is -1.07. The Bertz CT molecular complexity index is 1110. The van der Waals surface area contributed by atoms with Gasteiger partial charge in [0.15, 0.2) is 0 Å². The van der Waals surface area contributed by atoms with Crippen molar-refractivity contribution in [2.45, 2.75) is 64.2 Å². The van der Waals surface area contributed by atoms with E-state index in [1.165, 1.54) is 34.9 Å². The number of sulfone groups is 1. The fourth-order valence-electron chi connectivity index (χ4n) is 5.10. The van der Waals surface area contributed by atoms with Gasteiger partial charge in [-0.05, 0) is 86.1 Å². The van der Waals surface area contributed by atoms with Gasteiger partial charge in [-0.15, -0.1) is 0 Å². The SMILES string of the molecule is C=C1CCOC/C1=C/C=C1\CCCC(C)(/C(=C\C)CC/C=C(\F)S(=O)(=O)c2ccccc2)C1C. The fourth-order valence-corrected chi connectivity index (χ4v) is 6.18. The number of hydrogen-bond acceptors (Lipinski definition) is 3. The van der Waals surface area contributed by atoms with Gasteiger partial charge in [0, 0.05) is 0 Å². The monoisotopic (exact) mass is 484 g/mol. The first-order valence-electron chi connectivity index (χ1n) is 12.2. The number of halogens is 1. The van der Waals surface area contributed by atoms with E-state index in [1.807, 2.05) is 6.92 Å². The maximum absolute atomic E-state index is 14.6. The largest absolute Gasteiger partial charge is 0.376 e. The second kappa shape index (κ2) is 11.5. The fraction of sp³-hybridized carbons (Fsp3) is 0.448. The molecule has 1 aromatic carbocycles. The van der Waals surface area contributed by atoms with Crippen molar-refractivity contribution in [1.29, 1.82) is 0 Å². The zero-order chi connectivity index (χ0) is 24.8. The van der Waals surface area contributed by atoms with Gasteiger partial charge in [-0.1, -0.05) is 68.0 Å². The van der Waals surface area contributed by atoms with Crippen LogP contribution in [0.4, 0.5) is 4.39 Å². The molecule has 0 radical (unpaired) electrons. The van der Waals surface area contributed by atoms with Crippen LogP contribution in [0.2, 0.25) is 0 Å². The predicted octanol–water partition coefficient (Wildman–Crippen LogP) is 7.65. The first kappa shape index (κ1) is 26.4. The molecule has 3 rings (SSSR count). The lowest BCUT2D eigenvalue weighted by molar-refractivity contribution is 0.146. The molecule has 0 spiro atoms. The number of benzene rings is 1. The molecule has 1 aliphatic carbocycles. The highest BCUT2D eigenvalue weighted by molar-refractivity contribution is 7.95. The molecule has 1 aliphatic heterocycles. The van der Waals surface area contributed by atoms with Gasteiger partial charge in [-0.3, -0.25) is 0 Å². The third-order valence-electron chi connectivity index (χ3n) is 7.54. The first-order chi connectivity index (χ1) is 16.2. The summed E-state index contributed by atoms with van der Waals surface area (Å²) in [7, 11) is -4.08. The van der Waals surface area contributed by atoms with Crippen LogP contribution in [0.15, 0.2) is 93.6 Å². The summed E-state index contributed by atoms with van der Waals surface area (Å²) in [6.07, 6.45) is 12.9. The molecular formula is C29H37FO3S. The molecule has 184 valence electrons. The molecule has 0 N–H and O–H groups in total. The lowest BCUT2D eigenvalue weighted by atomic mass is 9.61. The van der Waals surface area contributed by atoms with Crippen LogP contribution in [0.3, 0.4) is 0 Å². The molecule has 1 saturated heterocycles. The van der Waals surface area contributed by atoms with E-state index in [2.05, 4.69) is 38.7 Å². The zero-order valence-electron chi connectivity index (χ0n) is 20.6. The Kier molecular flexibility index (Phi) is 8.89. The minimum absolute atomic E-state index is 0.0159. The lowest BCUT2D eigenvalue weighted by Gasteiger charge is -2.43. The first-order valence-corrected chi connectivity index (χ1v) is 13.7. The minimum atomic E-state index is -4.08. The summed E-state index contributed by atoms with van der Waals surface area (Å²) in [6.45, 7) is 12.1. The summed E-state index contributed by atoms with van der Waals surface area (Å²) >= 11 is 0. The Hall–Kier alpha value is -2.24. The van der Waals surface area contributed by atoms with Crippen LogP contribution in [0.1, 0.15) is 59.3 Å². The van der Waals surface area contributed by atoms with Crippen LogP contribution < -0.4 is 0 Å². The molecule has 2 fully saturated rings. The Morgan fingerprint density at radius 2 is 1.97 bits per heavy atom. The van der Waals surface area contributed by atoms with Crippen molar-refractivity contribution in [2.24, 2.45) is 11.3 Å². The number of rotatable bonds is 7. The summed E-state index contributed by atoms with van der Waals surface area (Å²) in [5.41, 5.74) is 4.95. The van der Waals surface area contributed by atoms with Gasteiger partial charge in [-0.25, -0.2) is 8.42 Å². The van der Waals surface area contributed by atoms with E-state index in [0.717, 1.165) is 37.9 Å². The van der Waals surface area contributed by atoms with Crippen molar-refractivity contribution in [1.82, 2.24) is 0 Å². The standard InChI is InChI=1S/C29H37FO3S/c1-5-26(12-9-15-28(30)34(31,32)27-13-7-6-8-14-27)29(4)19-10-11-24(23(29)3)16-17-25-21-33-20-18-22(25)2/h5-8,13-17,23H,2,9-12,18-21H2,1,3-4H3/b24-16+,25-17-,26-5-,28-15+. The van der Waals surface area contributed by atoms with Gasteiger partial charge in [-0.2, -0.15) is 4.39 Å². The van der Waals surface area contributed by atoms with Gasteiger partial charge in [0.05, 0.1) is 18.1 Å². The summed E-state index contributed by atoms with van der Waals surface area (Å²) < 4.78 is 45.2. The van der Waals surface area contributed by atoms with Crippen LogP contribution in [0, 0.1) is 11.3 Å². The molecule has 2 atom stereocenters. The van der Waals surface area contributed by atoms with E-state index >= 15 is 0 Å². The van der Waals surface area contributed by atoms with Crippen LogP contribution >= 0.6 is 0 Å². The zero-order valence-corrected chi connectivity index (χ0v) is 21.5. The highest BCUT2D eigenvalue weighted by atomic mass is 32.2. The highest BCUT2D eigenvalue weighted by Gasteiger charge is 2.38. The second-order valence-electron chi connectivity index (χ2n) is 9.51. The molecule has 34 heavy (non-hydrogen) atoms. The Labute approximate surface area is 204 Å². The van der Waals surface area contributed by atoms with Crippen molar-refractivity contribution >= 4 is 9.84 Å². The molecule has 1 aromatic rings. The molecule has 1 saturated carbocycles. The third-order valence-corrected chi connectivity index (χ3v) is 9.12. The minimum Gasteiger partial charge on any atom is -0.376 e. The molecule has 5 heteroatoms. The number of ether oxygens (including phenoxy) is 1. The molecule has 3 nitrogen and oxygen atoms in total. The quantitative estimate of drug-likeness (QED) is 0.373. The average molecular weight is 485 g/mol. The van der Waals surface area contributed by atoms with Crippen molar-refractivity contribution < 1.29 is 17.5 Å². The molecular weight excluding hydrogens is 447 g/mol. The van der Waals surface area contributed by atoms with Crippen LogP contribution in [-0.4, -0.2) is 21.6 Å². The van der Waals surface area contributed by atoms with Crippen LogP contribution in [-0.2, 0) is 14.6 Å². The Morgan fingerprint density at radius 1 is 1.24 bits per heavy atom. The molecule has 1 heterocycles. The van der Waals surface area contributed by atoms with Gasteiger partial charge in [0.2, 0.25) is 15.0 Å². The maximum Gasteiger partial charge on any atom is 0.232 e. The van der Waals surface area contributed by atoms with Crippen LogP contribution in [0.25, 0.3) is 0 Å². The molecule has 0 aromatic heterocycles.